The van der Waals surface area contributed by atoms with Gasteiger partial charge in [-0.2, -0.15) is 5.26 Å². The van der Waals surface area contributed by atoms with Crippen LogP contribution < -0.4 is 5.32 Å². The van der Waals surface area contributed by atoms with E-state index in [1.165, 1.54) is 11.3 Å². The first kappa shape index (κ1) is 15.9. The fourth-order valence-corrected chi connectivity index (χ4v) is 3.32. The second-order valence-electron chi connectivity index (χ2n) is 5.41. The van der Waals surface area contributed by atoms with Crippen molar-refractivity contribution in [1.29, 1.82) is 5.26 Å². The molecule has 0 atom stereocenters. The lowest BCUT2D eigenvalue weighted by atomic mass is 10.1. The van der Waals surface area contributed by atoms with Gasteiger partial charge in [-0.25, -0.2) is 0 Å². The average Bonchev–Trinajstić information content (AvgIpc) is 3.00. The maximum atomic E-state index is 12.3. The normalized spacial score (nSPS) is 10.2. The lowest BCUT2D eigenvalue weighted by Crippen LogP contribution is -2.14. The molecule has 24 heavy (non-hydrogen) atoms. The Hall–Kier alpha value is -2.97. The monoisotopic (exact) mass is 333 g/mol. The Morgan fingerprint density at radius 2 is 1.92 bits per heavy atom. The fourth-order valence-electron chi connectivity index (χ4n) is 2.29. The number of aryl methyl sites for hydroxylation is 1. The van der Waals surface area contributed by atoms with E-state index in [2.05, 4.69) is 16.4 Å². The van der Waals surface area contributed by atoms with Crippen LogP contribution in [-0.2, 0) is 11.2 Å². The number of rotatable bonds is 4. The van der Waals surface area contributed by atoms with Gasteiger partial charge < -0.3 is 5.32 Å². The zero-order valence-corrected chi connectivity index (χ0v) is 13.9. The molecule has 4 nitrogen and oxygen atoms in total. The lowest BCUT2D eigenvalue weighted by molar-refractivity contribution is -0.115. The molecule has 0 aliphatic rings. The minimum absolute atomic E-state index is 0.126. The number of anilines is 1. The van der Waals surface area contributed by atoms with Crippen molar-refractivity contribution in [3.63, 3.8) is 0 Å². The number of pyridine rings is 1. The first-order valence-corrected chi connectivity index (χ1v) is 8.27. The van der Waals surface area contributed by atoms with Crippen LogP contribution in [0, 0.1) is 18.3 Å². The van der Waals surface area contributed by atoms with Crippen molar-refractivity contribution in [2.75, 3.05) is 5.32 Å². The van der Waals surface area contributed by atoms with Gasteiger partial charge in [0.25, 0.3) is 0 Å². The number of benzene rings is 1. The molecule has 1 aromatic carbocycles. The van der Waals surface area contributed by atoms with Crippen molar-refractivity contribution >= 4 is 22.2 Å². The van der Waals surface area contributed by atoms with Crippen LogP contribution in [0.25, 0.3) is 10.4 Å². The molecule has 5 heteroatoms. The molecule has 3 rings (SSSR count). The number of carbonyl (C=O) groups is 1. The highest BCUT2D eigenvalue weighted by atomic mass is 32.1. The van der Waals surface area contributed by atoms with Crippen LogP contribution in [0.2, 0.25) is 0 Å². The minimum Gasteiger partial charge on any atom is -0.316 e. The zero-order valence-electron chi connectivity index (χ0n) is 13.1. The number of hydrogen-bond acceptors (Lipinski definition) is 4. The summed E-state index contributed by atoms with van der Waals surface area (Å²) in [5.41, 5.74) is 3.56. The van der Waals surface area contributed by atoms with E-state index in [0.717, 1.165) is 21.6 Å². The summed E-state index contributed by atoms with van der Waals surface area (Å²) < 4.78 is 0. The maximum absolute atomic E-state index is 12.3. The van der Waals surface area contributed by atoms with E-state index in [1.807, 2.05) is 43.3 Å². The minimum atomic E-state index is -0.126. The topological polar surface area (TPSA) is 65.8 Å². The predicted octanol–water partition coefficient (Wildman–Crippen LogP) is 4.17. The summed E-state index contributed by atoms with van der Waals surface area (Å²) in [7, 11) is 0. The molecule has 0 saturated carbocycles. The van der Waals surface area contributed by atoms with E-state index in [4.69, 9.17) is 0 Å². The van der Waals surface area contributed by atoms with Gasteiger partial charge in [-0.05, 0) is 36.2 Å². The number of aromatic nitrogens is 1. The second-order valence-corrected chi connectivity index (χ2v) is 6.46. The highest BCUT2D eigenvalue weighted by molar-refractivity contribution is 7.19. The summed E-state index contributed by atoms with van der Waals surface area (Å²) in [6, 6.07) is 15.5. The van der Waals surface area contributed by atoms with Gasteiger partial charge in [0.1, 0.15) is 11.1 Å². The molecule has 0 bridgehead atoms. The van der Waals surface area contributed by atoms with E-state index in [9.17, 15) is 10.1 Å². The molecule has 0 saturated heterocycles. The summed E-state index contributed by atoms with van der Waals surface area (Å²) in [6.45, 7) is 2.01. The van der Waals surface area contributed by atoms with Gasteiger partial charge in [-0.15, -0.1) is 11.3 Å². The number of carbonyl (C=O) groups excluding carboxylic acids is 1. The lowest BCUT2D eigenvalue weighted by Gasteiger charge is -2.04. The molecular formula is C19H15N3OS. The van der Waals surface area contributed by atoms with Gasteiger partial charge in [0.05, 0.1) is 12.0 Å². The van der Waals surface area contributed by atoms with Gasteiger partial charge >= 0.3 is 0 Å². The Balaban J connectivity index is 1.77. The van der Waals surface area contributed by atoms with E-state index >= 15 is 0 Å². The molecule has 3 aromatic rings. The van der Waals surface area contributed by atoms with Crippen LogP contribution >= 0.6 is 11.3 Å². The predicted molar refractivity (Wildman–Crippen MR) is 95.8 cm³/mol. The molecule has 0 radical (unpaired) electrons. The first-order chi connectivity index (χ1) is 11.7. The largest absolute Gasteiger partial charge is 0.316 e. The third-order valence-corrected chi connectivity index (χ3v) is 4.66. The van der Waals surface area contributed by atoms with Crippen LogP contribution in [0.3, 0.4) is 0 Å². The van der Waals surface area contributed by atoms with Crippen molar-refractivity contribution in [3.8, 4) is 16.5 Å². The molecule has 2 heterocycles. The highest BCUT2D eigenvalue weighted by Gasteiger charge is 2.13. The molecule has 0 aliphatic heterocycles. The van der Waals surface area contributed by atoms with E-state index in [0.29, 0.717) is 10.6 Å². The van der Waals surface area contributed by atoms with Gasteiger partial charge in [0.2, 0.25) is 5.91 Å². The Bertz CT molecular complexity index is 893. The van der Waals surface area contributed by atoms with Crippen molar-refractivity contribution in [2.45, 2.75) is 13.3 Å². The summed E-state index contributed by atoms with van der Waals surface area (Å²) in [5.74, 6) is -0.126. The van der Waals surface area contributed by atoms with Gasteiger partial charge in [0, 0.05) is 17.3 Å². The number of amides is 1. The van der Waals surface area contributed by atoms with Gasteiger partial charge in [-0.3, -0.25) is 9.78 Å². The summed E-state index contributed by atoms with van der Waals surface area (Å²) in [5, 5.41) is 12.7. The highest BCUT2D eigenvalue weighted by Crippen LogP contribution is 2.34. The molecule has 0 unspecified atom stereocenters. The standard InChI is InChI=1S/C19H15N3OS/c1-13-2-4-14(5-3-13)10-18(23)22-19-16(12-20)11-17(24-19)15-6-8-21-9-7-15/h2-9,11H,10H2,1H3,(H,22,23). The Morgan fingerprint density at radius 3 is 2.58 bits per heavy atom. The van der Waals surface area contributed by atoms with Crippen molar-refractivity contribution in [3.05, 3.63) is 71.5 Å². The number of thiophene rings is 1. The Kier molecular flexibility index (Phi) is 4.69. The third kappa shape index (κ3) is 3.67. The van der Waals surface area contributed by atoms with Crippen LogP contribution in [0.15, 0.2) is 54.9 Å². The summed E-state index contributed by atoms with van der Waals surface area (Å²) in [4.78, 5) is 17.2. The van der Waals surface area contributed by atoms with E-state index in [1.54, 1.807) is 18.5 Å². The zero-order chi connectivity index (χ0) is 16.9. The Morgan fingerprint density at radius 1 is 1.21 bits per heavy atom. The maximum Gasteiger partial charge on any atom is 0.229 e. The van der Waals surface area contributed by atoms with Crippen LogP contribution in [0.5, 0.6) is 0 Å². The third-order valence-electron chi connectivity index (χ3n) is 3.56. The summed E-state index contributed by atoms with van der Waals surface area (Å²) in [6.07, 6.45) is 3.70. The van der Waals surface area contributed by atoms with E-state index < -0.39 is 0 Å². The number of nitrogens with one attached hydrogen (secondary N) is 1. The first-order valence-electron chi connectivity index (χ1n) is 7.45. The quantitative estimate of drug-likeness (QED) is 0.779. The average molecular weight is 333 g/mol. The van der Waals surface area contributed by atoms with Crippen molar-refractivity contribution in [1.82, 2.24) is 4.98 Å². The van der Waals surface area contributed by atoms with E-state index in [-0.39, 0.29) is 12.3 Å². The SMILES string of the molecule is Cc1ccc(CC(=O)Nc2sc(-c3ccncc3)cc2C#N)cc1. The molecule has 0 fully saturated rings. The molecular weight excluding hydrogens is 318 g/mol. The van der Waals surface area contributed by atoms with Crippen LogP contribution in [-0.4, -0.2) is 10.9 Å². The summed E-state index contributed by atoms with van der Waals surface area (Å²) >= 11 is 1.40. The second kappa shape index (κ2) is 7.07. The van der Waals surface area contributed by atoms with Gasteiger partial charge in [-0.1, -0.05) is 29.8 Å². The number of hydrogen-bond donors (Lipinski definition) is 1. The van der Waals surface area contributed by atoms with Crippen LogP contribution in [0.4, 0.5) is 5.00 Å². The molecule has 2 aromatic heterocycles. The van der Waals surface area contributed by atoms with Crippen LogP contribution in [0.1, 0.15) is 16.7 Å². The molecule has 118 valence electrons. The van der Waals surface area contributed by atoms with Crippen molar-refractivity contribution in [2.24, 2.45) is 0 Å². The smallest absolute Gasteiger partial charge is 0.229 e. The van der Waals surface area contributed by atoms with Crippen molar-refractivity contribution < 1.29 is 4.79 Å². The van der Waals surface area contributed by atoms with Gasteiger partial charge in [0.15, 0.2) is 0 Å². The molecule has 0 aliphatic carbocycles. The molecule has 1 amide bonds. The number of nitriles is 1. The Labute approximate surface area is 144 Å². The molecule has 1 N–H and O–H groups in total. The molecule has 0 spiro atoms. The number of nitrogens with zero attached hydrogens (tertiary/aromatic N) is 2. The fraction of sp³-hybridized carbons (Fsp3) is 0.105.